The number of hydrogen-bond donors (Lipinski definition) is 2. The van der Waals surface area contributed by atoms with Crippen LogP contribution in [0.3, 0.4) is 0 Å². The molecule has 2 aromatic heterocycles. The average Bonchev–Trinajstić information content (AvgIpc) is 3.43. The van der Waals surface area contributed by atoms with Crippen molar-refractivity contribution in [2.24, 2.45) is 0 Å². The van der Waals surface area contributed by atoms with E-state index in [2.05, 4.69) is 40.9 Å². The summed E-state index contributed by atoms with van der Waals surface area (Å²) in [5.74, 6) is -5.35. The molecule has 1 spiro atoms. The van der Waals surface area contributed by atoms with Crippen LogP contribution in [0.25, 0.3) is 0 Å². The Bertz CT molecular complexity index is 1120. The SMILES string of the molecule is Cc1ccc(CN2CCC3(C2)CN(c2cccnc2)C(=O)CN3C)s1.O=C(O)C(F)(F)F.O=C(O)C(F)(F)F. The van der Waals surface area contributed by atoms with Crippen LogP contribution in [0.2, 0.25) is 0 Å². The molecule has 2 aliphatic heterocycles. The number of nitrogens with zero attached hydrogens (tertiary/aromatic N) is 4. The zero-order chi connectivity index (χ0) is 29.6. The zero-order valence-corrected chi connectivity index (χ0v) is 21.6. The fourth-order valence-electron chi connectivity index (χ4n) is 4.01. The van der Waals surface area contributed by atoms with Gasteiger partial charge in [0.05, 0.1) is 24.0 Å². The van der Waals surface area contributed by atoms with Gasteiger partial charge in [-0.2, -0.15) is 26.3 Å². The van der Waals surface area contributed by atoms with Crippen LogP contribution in [0, 0.1) is 6.92 Å². The van der Waals surface area contributed by atoms with Crippen LogP contribution in [0.1, 0.15) is 16.2 Å². The van der Waals surface area contributed by atoms with Gasteiger partial charge in [-0.25, -0.2) is 9.59 Å². The van der Waals surface area contributed by atoms with E-state index in [1.807, 2.05) is 28.4 Å². The molecule has 2 N–H and O–H groups in total. The van der Waals surface area contributed by atoms with Gasteiger partial charge in [-0.05, 0) is 44.7 Å². The quantitative estimate of drug-likeness (QED) is 0.526. The minimum Gasteiger partial charge on any atom is -0.475 e. The first-order valence-corrected chi connectivity index (χ1v) is 12.1. The number of anilines is 1. The Hall–Kier alpha value is -3.24. The summed E-state index contributed by atoms with van der Waals surface area (Å²) in [7, 11) is 2.09. The third-order valence-corrected chi connectivity index (χ3v) is 6.95. The molecular weight excluding hydrogens is 558 g/mol. The van der Waals surface area contributed by atoms with Crippen molar-refractivity contribution in [1.29, 1.82) is 0 Å². The number of carbonyl (C=O) groups excluding carboxylic acids is 1. The Morgan fingerprint density at radius 1 is 1.05 bits per heavy atom. The molecule has 0 aromatic carbocycles. The third kappa shape index (κ3) is 9.18. The molecule has 0 radical (unpaired) electrons. The first-order chi connectivity index (χ1) is 17.9. The van der Waals surface area contributed by atoms with Crippen LogP contribution in [-0.4, -0.2) is 94.0 Å². The molecule has 39 heavy (non-hydrogen) atoms. The second-order valence-corrected chi connectivity index (χ2v) is 10.2. The first kappa shape index (κ1) is 32.0. The van der Waals surface area contributed by atoms with Crippen molar-refractivity contribution in [1.82, 2.24) is 14.8 Å². The van der Waals surface area contributed by atoms with Crippen molar-refractivity contribution in [2.75, 3.05) is 38.1 Å². The van der Waals surface area contributed by atoms with Crippen molar-refractivity contribution >= 4 is 34.9 Å². The summed E-state index contributed by atoms with van der Waals surface area (Å²) in [4.78, 5) is 44.0. The number of aliphatic carboxylic acids is 2. The monoisotopic (exact) mass is 584 g/mol. The molecule has 4 heterocycles. The minimum absolute atomic E-state index is 0.0378. The van der Waals surface area contributed by atoms with Crippen molar-refractivity contribution in [2.45, 2.75) is 37.8 Å². The van der Waals surface area contributed by atoms with Crippen molar-refractivity contribution < 1.29 is 50.9 Å². The van der Waals surface area contributed by atoms with Crippen LogP contribution in [0.5, 0.6) is 0 Å². The lowest BCUT2D eigenvalue weighted by Crippen LogP contribution is -2.64. The van der Waals surface area contributed by atoms with E-state index in [1.165, 1.54) is 9.75 Å². The molecule has 2 fully saturated rings. The minimum atomic E-state index is -5.08. The van der Waals surface area contributed by atoms with E-state index in [1.54, 1.807) is 12.4 Å². The van der Waals surface area contributed by atoms with Gasteiger partial charge in [0, 0.05) is 42.1 Å². The second kappa shape index (κ2) is 12.7. The zero-order valence-electron chi connectivity index (χ0n) is 20.8. The molecule has 0 saturated carbocycles. The summed E-state index contributed by atoms with van der Waals surface area (Å²) >= 11 is 1.88. The molecule has 16 heteroatoms. The Morgan fingerprint density at radius 3 is 2.10 bits per heavy atom. The van der Waals surface area contributed by atoms with Crippen molar-refractivity contribution in [3.63, 3.8) is 0 Å². The van der Waals surface area contributed by atoms with E-state index in [4.69, 9.17) is 19.8 Å². The van der Waals surface area contributed by atoms with Gasteiger partial charge in [0.15, 0.2) is 0 Å². The maximum Gasteiger partial charge on any atom is 0.490 e. The highest BCUT2D eigenvalue weighted by atomic mass is 32.1. The molecule has 216 valence electrons. The lowest BCUT2D eigenvalue weighted by atomic mass is 9.92. The van der Waals surface area contributed by atoms with Crippen LogP contribution in [0.4, 0.5) is 32.0 Å². The van der Waals surface area contributed by atoms with Gasteiger partial charge in [0.1, 0.15) is 0 Å². The number of halogens is 6. The Morgan fingerprint density at radius 2 is 1.64 bits per heavy atom. The number of aryl methyl sites for hydroxylation is 1. The number of alkyl halides is 6. The Balaban J connectivity index is 0.000000317. The molecular formula is C23H26F6N4O5S. The Labute approximate surface area is 223 Å². The molecule has 0 aliphatic carbocycles. The molecule has 2 aromatic rings. The number of hydrogen-bond acceptors (Lipinski definition) is 7. The van der Waals surface area contributed by atoms with E-state index >= 15 is 0 Å². The van der Waals surface area contributed by atoms with Crippen LogP contribution >= 0.6 is 11.3 Å². The van der Waals surface area contributed by atoms with Gasteiger partial charge in [-0.1, -0.05) is 0 Å². The molecule has 1 unspecified atom stereocenters. The molecule has 1 amide bonds. The first-order valence-electron chi connectivity index (χ1n) is 11.2. The van der Waals surface area contributed by atoms with Crippen molar-refractivity contribution in [3.8, 4) is 0 Å². The van der Waals surface area contributed by atoms with Gasteiger partial charge in [-0.15, -0.1) is 11.3 Å². The molecule has 1 atom stereocenters. The molecule has 2 aliphatic rings. The van der Waals surface area contributed by atoms with Gasteiger partial charge in [0.2, 0.25) is 5.91 Å². The predicted molar refractivity (Wildman–Crippen MR) is 128 cm³/mol. The van der Waals surface area contributed by atoms with E-state index in [0.717, 1.165) is 38.3 Å². The summed E-state index contributed by atoms with van der Waals surface area (Å²) in [6.45, 7) is 6.47. The lowest BCUT2D eigenvalue weighted by Gasteiger charge is -2.46. The second-order valence-electron chi connectivity index (χ2n) is 8.85. The predicted octanol–water partition coefficient (Wildman–Crippen LogP) is 3.64. The number of likely N-dealkylation sites (N-methyl/N-ethyl adjacent to an activating group) is 1. The molecule has 4 rings (SSSR count). The van der Waals surface area contributed by atoms with E-state index in [0.29, 0.717) is 6.54 Å². The number of amides is 1. The van der Waals surface area contributed by atoms with Gasteiger partial charge >= 0.3 is 24.3 Å². The smallest absolute Gasteiger partial charge is 0.475 e. The summed E-state index contributed by atoms with van der Waals surface area (Å²) in [5.41, 5.74) is 0.947. The van der Waals surface area contributed by atoms with Crippen LogP contribution < -0.4 is 4.90 Å². The number of pyridine rings is 1. The van der Waals surface area contributed by atoms with Crippen LogP contribution in [0.15, 0.2) is 36.7 Å². The fourth-order valence-corrected chi connectivity index (χ4v) is 4.95. The summed E-state index contributed by atoms with van der Waals surface area (Å²) < 4.78 is 63.5. The Kier molecular flexibility index (Phi) is 10.4. The maximum atomic E-state index is 12.6. The largest absolute Gasteiger partial charge is 0.490 e. The van der Waals surface area contributed by atoms with Gasteiger partial charge in [-0.3, -0.25) is 19.6 Å². The standard InChI is InChI=1S/C19H24N4OS.2C2HF3O2/c1-15-5-6-17(25-15)11-22-9-7-19(13-22)14-23(18(24)12-21(19)2)16-4-3-8-20-10-16;2*3-2(4,5)1(6)7/h3-6,8,10H,7,9,11-14H2,1-2H3;2*(H,6,7). The lowest BCUT2D eigenvalue weighted by molar-refractivity contribution is -0.193. The highest BCUT2D eigenvalue weighted by Crippen LogP contribution is 2.34. The normalized spacial score (nSPS) is 20.2. The highest BCUT2D eigenvalue weighted by Gasteiger charge is 2.47. The number of carboxylic acids is 2. The summed E-state index contributed by atoms with van der Waals surface area (Å²) in [5, 5.41) is 14.2. The van der Waals surface area contributed by atoms with Crippen molar-refractivity contribution in [3.05, 3.63) is 46.4 Å². The molecule has 9 nitrogen and oxygen atoms in total. The number of carbonyl (C=O) groups is 3. The molecule has 2 saturated heterocycles. The third-order valence-electron chi connectivity index (χ3n) is 5.97. The van der Waals surface area contributed by atoms with E-state index in [-0.39, 0.29) is 11.4 Å². The topological polar surface area (TPSA) is 114 Å². The van der Waals surface area contributed by atoms with Gasteiger partial charge in [0.25, 0.3) is 0 Å². The number of carboxylic acid groups (broad SMARTS) is 2. The highest BCUT2D eigenvalue weighted by molar-refractivity contribution is 7.11. The number of aromatic nitrogens is 1. The van der Waals surface area contributed by atoms with Crippen LogP contribution in [-0.2, 0) is 20.9 Å². The summed E-state index contributed by atoms with van der Waals surface area (Å²) in [6, 6.07) is 8.31. The average molecular weight is 585 g/mol. The number of piperazine rings is 1. The fraction of sp³-hybridized carbons (Fsp3) is 0.478. The van der Waals surface area contributed by atoms with E-state index in [9.17, 15) is 31.1 Å². The number of likely N-dealkylation sites (tertiary alicyclic amines) is 1. The molecule has 0 bridgehead atoms. The number of thiophene rings is 1. The van der Waals surface area contributed by atoms with Gasteiger partial charge < -0.3 is 15.1 Å². The van der Waals surface area contributed by atoms with E-state index < -0.39 is 24.3 Å². The maximum absolute atomic E-state index is 12.6. The summed E-state index contributed by atoms with van der Waals surface area (Å²) in [6.07, 6.45) is -5.53. The number of rotatable bonds is 3.